The first-order valence-corrected chi connectivity index (χ1v) is 3.56. The molecule has 58 valence electrons. The second-order valence-corrected chi connectivity index (χ2v) is 2.63. The number of hydrogen-bond donors (Lipinski definition) is 1. The summed E-state index contributed by atoms with van der Waals surface area (Å²) in [5, 5.41) is 12.1. The van der Waals surface area contributed by atoms with E-state index in [1.807, 2.05) is 12.1 Å². The van der Waals surface area contributed by atoms with Gasteiger partial charge in [-0.1, -0.05) is 28.9 Å². The first kappa shape index (κ1) is 8.08. The van der Waals surface area contributed by atoms with Crippen molar-refractivity contribution >= 4 is 17.3 Å². The first-order valence-electron chi connectivity index (χ1n) is 3.18. The summed E-state index contributed by atoms with van der Waals surface area (Å²) < 4.78 is 0. The van der Waals surface area contributed by atoms with Crippen LogP contribution >= 0.6 is 11.6 Å². The van der Waals surface area contributed by atoms with Gasteiger partial charge in [-0.15, -0.1) is 0 Å². The molecule has 0 atom stereocenters. The molecular formula is C8H8ClNO. The molecular weight excluding hydrogens is 162 g/mol. The van der Waals surface area contributed by atoms with Gasteiger partial charge >= 0.3 is 0 Å². The first-order chi connectivity index (χ1) is 5.24. The van der Waals surface area contributed by atoms with E-state index in [1.54, 1.807) is 19.1 Å². The maximum Gasteiger partial charge on any atom is 0.0837 e. The Balaban J connectivity index is 3.06. The Morgan fingerprint density at radius 2 is 2.27 bits per heavy atom. The van der Waals surface area contributed by atoms with Crippen LogP contribution in [0.15, 0.2) is 29.4 Å². The number of hydrogen-bond acceptors (Lipinski definition) is 2. The highest BCUT2D eigenvalue weighted by Gasteiger charge is 1.96. The van der Waals surface area contributed by atoms with E-state index in [1.165, 1.54) is 0 Å². The Morgan fingerprint density at radius 1 is 1.55 bits per heavy atom. The molecule has 0 aromatic heterocycles. The Morgan fingerprint density at radius 3 is 2.82 bits per heavy atom. The average Bonchev–Trinajstić information content (AvgIpc) is 2.03. The van der Waals surface area contributed by atoms with Gasteiger partial charge in [0.15, 0.2) is 0 Å². The fourth-order valence-corrected chi connectivity index (χ4v) is 0.962. The third-order valence-corrected chi connectivity index (χ3v) is 1.63. The largest absolute Gasteiger partial charge is 0.411 e. The molecule has 0 unspecified atom stereocenters. The zero-order chi connectivity index (χ0) is 8.27. The summed E-state index contributed by atoms with van der Waals surface area (Å²) in [4.78, 5) is 0. The van der Waals surface area contributed by atoms with Crippen molar-refractivity contribution in [1.82, 2.24) is 0 Å². The van der Waals surface area contributed by atoms with Crippen molar-refractivity contribution in [3.8, 4) is 0 Å². The third-order valence-electron chi connectivity index (χ3n) is 1.39. The predicted octanol–water partition coefficient (Wildman–Crippen LogP) is 2.54. The van der Waals surface area contributed by atoms with Crippen LogP contribution in [0.1, 0.15) is 12.5 Å². The number of benzene rings is 1. The van der Waals surface area contributed by atoms with Crippen LogP contribution in [-0.4, -0.2) is 10.9 Å². The molecule has 0 aliphatic heterocycles. The van der Waals surface area contributed by atoms with Crippen molar-refractivity contribution < 1.29 is 5.21 Å². The van der Waals surface area contributed by atoms with Gasteiger partial charge in [0.05, 0.1) is 5.71 Å². The Labute approximate surface area is 70.1 Å². The molecule has 0 saturated carbocycles. The molecule has 1 aromatic carbocycles. The lowest BCUT2D eigenvalue weighted by Crippen LogP contribution is -1.92. The quantitative estimate of drug-likeness (QED) is 0.391. The summed E-state index contributed by atoms with van der Waals surface area (Å²) in [6.07, 6.45) is 0. The summed E-state index contributed by atoms with van der Waals surface area (Å²) in [7, 11) is 0. The molecule has 0 aliphatic rings. The monoisotopic (exact) mass is 169 g/mol. The van der Waals surface area contributed by atoms with Crippen LogP contribution < -0.4 is 0 Å². The van der Waals surface area contributed by atoms with Crippen LogP contribution in [0.3, 0.4) is 0 Å². The standard InChI is InChI=1S/C8H8ClNO/c1-6(10-11)7-3-2-4-8(9)5-7/h2-5,11H,1H3/b10-6+. The van der Waals surface area contributed by atoms with E-state index >= 15 is 0 Å². The molecule has 3 heteroatoms. The molecule has 11 heavy (non-hydrogen) atoms. The fourth-order valence-electron chi connectivity index (χ4n) is 0.771. The van der Waals surface area contributed by atoms with Gasteiger partial charge in [0, 0.05) is 10.6 Å². The minimum atomic E-state index is 0.563. The molecule has 0 aliphatic carbocycles. The Kier molecular flexibility index (Phi) is 2.49. The van der Waals surface area contributed by atoms with Gasteiger partial charge in [-0.05, 0) is 19.1 Å². The maximum absolute atomic E-state index is 8.42. The van der Waals surface area contributed by atoms with E-state index in [4.69, 9.17) is 16.8 Å². The average molecular weight is 170 g/mol. The Bertz CT molecular complexity index is 283. The SMILES string of the molecule is C/C(=N\O)c1cccc(Cl)c1. The van der Waals surface area contributed by atoms with E-state index in [0.29, 0.717) is 10.7 Å². The zero-order valence-electron chi connectivity index (χ0n) is 6.08. The number of nitrogens with zero attached hydrogens (tertiary/aromatic N) is 1. The highest BCUT2D eigenvalue weighted by atomic mass is 35.5. The normalized spacial score (nSPS) is 11.6. The van der Waals surface area contributed by atoms with Crippen molar-refractivity contribution in [3.05, 3.63) is 34.9 Å². The van der Waals surface area contributed by atoms with Gasteiger partial charge in [-0.3, -0.25) is 0 Å². The molecule has 2 nitrogen and oxygen atoms in total. The third kappa shape index (κ3) is 1.95. The van der Waals surface area contributed by atoms with Gasteiger partial charge < -0.3 is 5.21 Å². The van der Waals surface area contributed by atoms with Crippen LogP contribution in [0.25, 0.3) is 0 Å². The number of rotatable bonds is 1. The lowest BCUT2D eigenvalue weighted by atomic mass is 10.1. The minimum Gasteiger partial charge on any atom is -0.411 e. The molecule has 0 heterocycles. The molecule has 1 N–H and O–H groups in total. The van der Waals surface area contributed by atoms with E-state index in [2.05, 4.69) is 5.16 Å². The van der Waals surface area contributed by atoms with Gasteiger partial charge in [-0.25, -0.2) is 0 Å². The second kappa shape index (κ2) is 3.39. The zero-order valence-corrected chi connectivity index (χ0v) is 6.84. The fraction of sp³-hybridized carbons (Fsp3) is 0.125. The minimum absolute atomic E-state index is 0.563. The molecule has 0 fully saturated rings. The van der Waals surface area contributed by atoms with Gasteiger partial charge in [0.1, 0.15) is 0 Å². The van der Waals surface area contributed by atoms with Crippen LogP contribution in [0, 0.1) is 0 Å². The van der Waals surface area contributed by atoms with Gasteiger partial charge in [0.2, 0.25) is 0 Å². The lowest BCUT2D eigenvalue weighted by Gasteiger charge is -1.97. The van der Waals surface area contributed by atoms with E-state index in [-0.39, 0.29) is 0 Å². The number of oxime groups is 1. The summed E-state index contributed by atoms with van der Waals surface area (Å²) >= 11 is 5.71. The van der Waals surface area contributed by atoms with Crippen molar-refractivity contribution in [2.24, 2.45) is 5.16 Å². The topological polar surface area (TPSA) is 32.6 Å². The maximum atomic E-state index is 8.42. The highest BCUT2D eigenvalue weighted by Crippen LogP contribution is 2.10. The summed E-state index contributed by atoms with van der Waals surface area (Å²) in [6, 6.07) is 7.17. The Hall–Kier alpha value is -1.02. The smallest absolute Gasteiger partial charge is 0.0837 e. The van der Waals surface area contributed by atoms with Gasteiger partial charge in [0.25, 0.3) is 0 Å². The van der Waals surface area contributed by atoms with Gasteiger partial charge in [-0.2, -0.15) is 0 Å². The van der Waals surface area contributed by atoms with E-state index in [0.717, 1.165) is 5.56 Å². The lowest BCUT2D eigenvalue weighted by molar-refractivity contribution is 0.319. The predicted molar refractivity (Wildman–Crippen MR) is 45.4 cm³/mol. The summed E-state index contributed by atoms with van der Waals surface area (Å²) in [5.41, 5.74) is 1.40. The molecule has 0 spiro atoms. The van der Waals surface area contributed by atoms with Crippen LogP contribution in [-0.2, 0) is 0 Å². The summed E-state index contributed by atoms with van der Waals surface area (Å²) in [6.45, 7) is 1.71. The van der Waals surface area contributed by atoms with Crippen LogP contribution in [0.2, 0.25) is 5.02 Å². The number of halogens is 1. The van der Waals surface area contributed by atoms with Crippen molar-refractivity contribution in [3.63, 3.8) is 0 Å². The van der Waals surface area contributed by atoms with Crippen molar-refractivity contribution in [1.29, 1.82) is 0 Å². The van der Waals surface area contributed by atoms with E-state index < -0.39 is 0 Å². The summed E-state index contributed by atoms with van der Waals surface area (Å²) in [5.74, 6) is 0. The van der Waals surface area contributed by atoms with Crippen molar-refractivity contribution in [2.45, 2.75) is 6.92 Å². The van der Waals surface area contributed by atoms with Crippen LogP contribution in [0.5, 0.6) is 0 Å². The van der Waals surface area contributed by atoms with Crippen molar-refractivity contribution in [2.75, 3.05) is 0 Å². The molecule has 0 radical (unpaired) electrons. The molecule has 1 rings (SSSR count). The molecule has 0 saturated heterocycles. The van der Waals surface area contributed by atoms with E-state index in [9.17, 15) is 0 Å². The molecule has 0 bridgehead atoms. The second-order valence-electron chi connectivity index (χ2n) is 2.20. The highest BCUT2D eigenvalue weighted by molar-refractivity contribution is 6.31. The molecule has 0 amide bonds. The molecule has 1 aromatic rings. The van der Waals surface area contributed by atoms with Crippen LogP contribution in [0.4, 0.5) is 0 Å².